The Hall–Kier alpha value is -3.11. The number of likely N-dealkylation sites (tertiary alicyclic amines) is 1. The number of rotatable bonds is 3. The monoisotopic (exact) mass is 424 g/mol. The van der Waals surface area contributed by atoms with Crippen LogP contribution in [0.4, 0.5) is 0 Å². The van der Waals surface area contributed by atoms with E-state index in [-0.39, 0.29) is 11.8 Å². The van der Waals surface area contributed by atoms with Gasteiger partial charge in [0.05, 0.1) is 44.2 Å². The third-order valence-corrected chi connectivity index (χ3v) is 7.47. The van der Waals surface area contributed by atoms with E-state index >= 15 is 0 Å². The fourth-order valence-corrected chi connectivity index (χ4v) is 5.57. The number of hydrazone groups is 1. The van der Waals surface area contributed by atoms with E-state index in [0.717, 1.165) is 38.1 Å². The number of nitrogens with one attached hydrogen (secondary N) is 1. The van der Waals surface area contributed by atoms with Crippen LogP contribution in [0.15, 0.2) is 84.0 Å². The molecule has 3 aromatic carbocycles. The minimum absolute atomic E-state index is 0.256. The van der Waals surface area contributed by atoms with Crippen molar-refractivity contribution < 1.29 is 9.64 Å². The van der Waals surface area contributed by atoms with Crippen molar-refractivity contribution in [3.63, 3.8) is 0 Å². The van der Waals surface area contributed by atoms with Gasteiger partial charge in [0.15, 0.2) is 0 Å². The zero-order valence-corrected chi connectivity index (χ0v) is 18.6. The zero-order chi connectivity index (χ0) is 21.5. The maximum Gasteiger partial charge on any atom is 0.208 e. The molecule has 3 heterocycles. The Balaban J connectivity index is 1.34. The highest BCUT2D eigenvalue weighted by Crippen LogP contribution is 2.49. The Morgan fingerprint density at radius 1 is 0.875 bits per heavy atom. The van der Waals surface area contributed by atoms with E-state index in [9.17, 15) is 0 Å². The topological polar surface area (TPSA) is 29.3 Å². The first kappa shape index (κ1) is 19.6. The largest absolute Gasteiger partial charge is 0.466 e. The molecule has 1 atom stereocenters. The summed E-state index contributed by atoms with van der Waals surface area (Å²) in [6.45, 7) is 5.73. The molecule has 32 heavy (non-hydrogen) atoms. The molecule has 1 N–H and O–H groups in total. The first-order valence-electron chi connectivity index (χ1n) is 11.9. The van der Waals surface area contributed by atoms with Crippen LogP contribution < -0.4 is 9.64 Å². The molecular formula is C28H30N3O+. The third-order valence-electron chi connectivity index (χ3n) is 7.47. The van der Waals surface area contributed by atoms with Gasteiger partial charge in [-0.1, -0.05) is 72.8 Å². The molecule has 0 radical (unpaired) electrons. The van der Waals surface area contributed by atoms with Gasteiger partial charge < -0.3 is 9.64 Å². The van der Waals surface area contributed by atoms with Crippen molar-refractivity contribution in [3.8, 4) is 16.9 Å². The van der Waals surface area contributed by atoms with Gasteiger partial charge in [0.25, 0.3) is 0 Å². The molecule has 6 rings (SSSR count). The molecule has 0 saturated carbocycles. The van der Waals surface area contributed by atoms with Gasteiger partial charge in [-0.25, -0.2) is 5.01 Å². The Morgan fingerprint density at radius 2 is 1.53 bits per heavy atom. The maximum absolute atomic E-state index is 6.73. The van der Waals surface area contributed by atoms with Crippen LogP contribution in [0.2, 0.25) is 0 Å². The molecule has 0 amide bonds. The Kier molecular flexibility index (Phi) is 4.76. The molecule has 162 valence electrons. The summed E-state index contributed by atoms with van der Waals surface area (Å²) in [4.78, 5) is 1.66. The molecule has 0 unspecified atom stereocenters. The molecular weight excluding hydrogens is 394 g/mol. The van der Waals surface area contributed by atoms with Crippen LogP contribution in [-0.4, -0.2) is 36.1 Å². The highest BCUT2D eigenvalue weighted by Gasteiger charge is 2.52. The summed E-state index contributed by atoms with van der Waals surface area (Å²) in [6.07, 6.45) is 2.96. The van der Waals surface area contributed by atoms with Crippen molar-refractivity contribution >= 4 is 5.71 Å². The molecule has 4 heteroatoms. The summed E-state index contributed by atoms with van der Waals surface area (Å²) in [5.74, 6) is 1.05. The van der Waals surface area contributed by atoms with Crippen LogP contribution in [0.5, 0.6) is 5.75 Å². The predicted octanol–water partition coefficient (Wildman–Crippen LogP) is 4.29. The number of para-hydroxylation sites is 1. The van der Waals surface area contributed by atoms with Crippen LogP contribution in [0, 0.1) is 0 Å². The van der Waals surface area contributed by atoms with Gasteiger partial charge in [-0.3, -0.25) is 0 Å². The summed E-state index contributed by atoms with van der Waals surface area (Å²) in [5, 5.41) is 7.55. The Bertz CT molecular complexity index is 1130. The smallest absolute Gasteiger partial charge is 0.208 e. The van der Waals surface area contributed by atoms with Gasteiger partial charge >= 0.3 is 0 Å². The minimum atomic E-state index is -0.316. The van der Waals surface area contributed by atoms with Crippen LogP contribution in [0.1, 0.15) is 43.4 Å². The molecule has 0 bridgehead atoms. The van der Waals surface area contributed by atoms with E-state index in [2.05, 4.69) is 90.8 Å². The second-order valence-electron chi connectivity index (χ2n) is 9.24. The van der Waals surface area contributed by atoms with E-state index in [0.29, 0.717) is 0 Å². The lowest BCUT2D eigenvalue weighted by Crippen LogP contribution is -3.13. The number of hydrogen-bond donors (Lipinski definition) is 1. The standard InChI is InChI=1S/C28H29N3O/c1-2-30-18-16-28(17-19-30)31-26(24-10-6-7-11-27(24)32-28)20-25(29-31)23-14-12-22(13-15-23)21-8-4-3-5-9-21/h3-15,26H,2,16-20H2,1H3/p+1/t26-/m0/s1. The van der Waals surface area contributed by atoms with Crippen molar-refractivity contribution in [2.45, 2.75) is 38.0 Å². The van der Waals surface area contributed by atoms with E-state index in [4.69, 9.17) is 9.84 Å². The fraction of sp³-hybridized carbons (Fsp3) is 0.321. The summed E-state index contributed by atoms with van der Waals surface area (Å²) >= 11 is 0. The highest BCUT2D eigenvalue weighted by atomic mass is 16.5. The van der Waals surface area contributed by atoms with Gasteiger partial charge in [-0.2, -0.15) is 5.10 Å². The number of quaternary nitrogens is 1. The van der Waals surface area contributed by atoms with Gasteiger partial charge in [0, 0.05) is 12.0 Å². The second-order valence-corrected chi connectivity index (χ2v) is 9.24. The Labute approximate surface area is 190 Å². The summed E-state index contributed by atoms with van der Waals surface area (Å²) in [6, 6.07) is 28.3. The van der Waals surface area contributed by atoms with Crippen LogP contribution >= 0.6 is 0 Å². The first-order valence-corrected chi connectivity index (χ1v) is 11.9. The van der Waals surface area contributed by atoms with E-state index in [1.54, 1.807) is 4.90 Å². The van der Waals surface area contributed by atoms with Crippen LogP contribution in [-0.2, 0) is 0 Å². The molecule has 3 aromatic rings. The number of ether oxygens (including phenoxy) is 1. The minimum Gasteiger partial charge on any atom is -0.466 e. The molecule has 0 aromatic heterocycles. The predicted molar refractivity (Wildman–Crippen MR) is 128 cm³/mol. The van der Waals surface area contributed by atoms with E-state index in [1.807, 2.05) is 0 Å². The van der Waals surface area contributed by atoms with Gasteiger partial charge in [0.1, 0.15) is 5.75 Å². The molecule has 1 fully saturated rings. The first-order chi connectivity index (χ1) is 15.8. The second kappa shape index (κ2) is 7.79. The molecule has 3 aliphatic rings. The Morgan fingerprint density at radius 3 is 2.28 bits per heavy atom. The number of hydrogen-bond acceptors (Lipinski definition) is 3. The van der Waals surface area contributed by atoms with Crippen LogP contribution in [0.3, 0.4) is 0 Å². The van der Waals surface area contributed by atoms with E-state index < -0.39 is 0 Å². The number of fused-ring (bicyclic) bond motifs is 4. The van der Waals surface area contributed by atoms with Gasteiger partial charge in [0.2, 0.25) is 5.72 Å². The highest BCUT2D eigenvalue weighted by molar-refractivity contribution is 6.02. The summed E-state index contributed by atoms with van der Waals surface area (Å²) in [7, 11) is 0. The molecule has 4 nitrogen and oxygen atoms in total. The lowest BCUT2D eigenvalue weighted by Gasteiger charge is -2.50. The average Bonchev–Trinajstić information content (AvgIpc) is 3.32. The van der Waals surface area contributed by atoms with Crippen molar-refractivity contribution in [3.05, 3.63) is 90.0 Å². The third kappa shape index (κ3) is 3.21. The number of benzene rings is 3. The zero-order valence-electron chi connectivity index (χ0n) is 18.6. The van der Waals surface area contributed by atoms with Crippen molar-refractivity contribution in [1.82, 2.24) is 5.01 Å². The summed E-state index contributed by atoms with van der Waals surface area (Å²) in [5.41, 5.74) is 5.82. The quantitative estimate of drug-likeness (QED) is 0.680. The van der Waals surface area contributed by atoms with Gasteiger partial charge in [-0.05, 0) is 29.7 Å². The lowest BCUT2D eigenvalue weighted by molar-refractivity contribution is -0.906. The van der Waals surface area contributed by atoms with E-state index in [1.165, 1.54) is 34.5 Å². The lowest BCUT2D eigenvalue weighted by atomic mass is 9.90. The van der Waals surface area contributed by atoms with Gasteiger partial charge in [-0.15, -0.1) is 0 Å². The molecule has 0 aliphatic carbocycles. The van der Waals surface area contributed by atoms with Crippen molar-refractivity contribution in [2.75, 3.05) is 19.6 Å². The summed E-state index contributed by atoms with van der Waals surface area (Å²) < 4.78 is 6.73. The molecule has 3 aliphatic heterocycles. The normalized spacial score (nSPS) is 26.3. The fourth-order valence-electron chi connectivity index (χ4n) is 5.57. The SMILES string of the molecule is CC[NH+]1CCC2(CC1)Oc1ccccc1[C@@H]1CC(c3ccc(-c4ccccc4)cc3)=NN12. The van der Waals surface area contributed by atoms with Crippen molar-refractivity contribution in [2.24, 2.45) is 5.10 Å². The molecule has 1 saturated heterocycles. The number of nitrogens with zero attached hydrogens (tertiary/aromatic N) is 2. The van der Waals surface area contributed by atoms with Crippen LogP contribution in [0.25, 0.3) is 11.1 Å². The van der Waals surface area contributed by atoms with Crippen molar-refractivity contribution in [1.29, 1.82) is 0 Å². The number of piperidine rings is 1. The molecule has 1 spiro atoms. The maximum atomic E-state index is 6.73. The average molecular weight is 425 g/mol.